The number of nitrogens with one attached hydrogen (secondary N) is 1. The number of para-hydroxylation sites is 1. The second kappa shape index (κ2) is 9.95. The first-order valence-corrected chi connectivity index (χ1v) is 12.0. The van der Waals surface area contributed by atoms with Crippen LogP contribution in [0.25, 0.3) is 12.2 Å². The van der Waals surface area contributed by atoms with Crippen molar-refractivity contribution in [3.8, 4) is 11.5 Å². The molecule has 0 fully saturated rings. The number of aliphatic hydroxyl groups is 1. The maximum absolute atomic E-state index is 13.3. The molecule has 2 unspecified atom stereocenters. The fraction of sp³-hybridized carbons (Fsp3) is 0.296. The number of fused-ring (bicyclic) bond motifs is 3. The van der Waals surface area contributed by atoms with Gasteiger partial charge in [0.05, 0.1) is 12.0 Å². The van der Waals surface area contributed by atoms with Crippen molar-refractivity contribution in [1.82, 2.24) is 9.88 Å². The van der Waals surface area contributed by atoms with Crippen LogP contribution < -0.4 is 20.0 Å². The topological polar surface area (TPSA) is 74.8 Å². The Hall–Kier alpha value is -3.22. The third kappa shape index (κ3) is 4.56. The summed E-state index contributed by atoms with van der Waals surface area (Å²) in [5.41, 5.74) is 3.16. The molecule has 2 N–H and O–H groups in total. The molecule has 0 spiro atoms. The SMILES string of the molecule is O=C(Oc1ccccc1)N1CCc2c([nH]c3c2=CC(Cl)CC=3)C1c1ccc(OCCCO)cc1. The fourth-order valence-corrected chi connectivity index (χ4v) is 4.85. The lowest BCUT2D eigenvalue weighted by molar-refractivity contribution is 0.135. The molecule has 2 heterocycles. The van der Waals surface area contributed by atoms with Crippen molar-refractivity contribution in [2.75, 3.05) is 19.8 Å². The fourth-order valence-electron chi connectivity index (χ4n) is 4.64. The van der Waals surface area contributed by atoms with Crippen molar-refractivity contribution in [2.45, 2.75) is 30.7 Å². The molecule has 7 heteroatoms. The summed E-state index contributed by atoms with van der Waals surface area (Å²) in [6, 6.07) is 16.6. The van der Waals surface area contributed by atoms with Gasteiger partial charge in [0, 0.05) is 35.8 Å². The summed E-state index contributed by atoms with van der Waals surface area (Å²) >= 11 is 6.42. The van der Waals surface area contributed by atoms with Gasteiger partial charge >= 0.3 is 6.09 Å². The van der Waals surface area contributed by atoms with E-state index in [0.717, 1.165) is 40.4 Å². The van der Waals surface area contributed by atoms with Crippen LogP contribution in [0.1, 0.15) is 35.7 Å². The number of aromatic nitrogens is 1. The minimum Gasteiger partial charge on any atom is -0.494 e. The first kappa shape index (κ1) is 22.6. The molecule has 1 aliphatic carbocycles. The van der Waals surface area contributed by atoms with Gasteiger partial charge in [-0.3, -0.25) is 4.90 Å². The summed E-state index contributed by atoms with van der Waals surface area (Å²) in [6.07, 6.45) is 5.93. The van der Waals surface area contributed by atoms with E-state index < -0.39 is 0 Å². The maximum atomic E-state index is 13.3. The van der Waals surface area contributed by atoms with Crippen LogP contribution in [0.3, 0.4) is 0 Å². The van der Waals surface area contributed by atoms with Crippen molar-refractivity contribution < 1.29 is 19.4 Å². The third-order valence-electron chi connectivity index (χ3n) is 6.24. The molecule has 2 aliphatic rings. The highest BCUT2D eigenvalue weighted by atomic mass is 35.5. The van der Waals surface area contributed by atoms with Crippen LogP contribution >= 0.6 is 11.6 Å². The summed E-state index contributed by atoms with van der Waals surface area (Å²) in [5, 5.41) is 11.2. The van der Waals surface area contributed by atoms with E-state index in [1.807, 2.05) is 42.5 Å². The molecule has 34 heavy (non-hydrogen) atoms. The molecule has 2 atom stereocenters. The number of nitrogens with zero attached hydrogens (tertiary/aromatic N) is 1. The zero-order valence-electron chi connectivity index (χ0n) is 18.7. The van der Waals surface area contributed by atoms with Crippen LogP contribution in [0.4, 0.5) is 4.79 Å². The van der Waals surface area contributed by atoms with E-state index in [-0.39, 0.29) is 24.1 Å². The number of halogens is 1. The number of rotatable bonds is 6. The third-order valence-corrected chi connectivity index (χ3v) is 6.55. The molecule has 0 bridgehead atoms. The van der Waals surface area contributed by atoms with E-state index in [1.54, 1.807) is 17.0 Å². The summed E-state index contributed by atoms with van der Waals surface area (Å²) in [7, 11) is 0. The number of aliphatic hydroxyl groups excluding tert-OH is 1. The number of carbonyl (C=O) groups excluding carboxylic acids is 1. The highest BCUT2D eigenvalue weighted by Gasteiger charge is 2.35. The highest BCUT2D eigenvalue weighted by Crippen LogP contribution is 2.34. The molecule has 0 saturated heterocycles. The van der Waals surface area contributed by atoms with E-state index in [1.165, 1.54) is 5.56 Å². The first-order valence-electron chi connectivity index (χ1n) is 11.6. The van der Waals surface area contributed by atoms with Gasteiger partial charge in [0.1, 0.15) is 17.5 Å². The normalized spacial score (nSPS) is 18.8. The average molecular weight is 479 g/mol. The summed E-state index contributed by atoms with van der Waals surface area (Å²) in [6.45, 7) is 1.08. The van der Waals surface area contributed by atoms with Crippen LogP contribution in [-0.2, 0) is 6.42 Å². The lowest BCUT2D eigenvalue weighted by atomic mass is 9.92. The van der Waals surface area contributed by atoms with Crippen LogP contribution in [0.5, 0.6) is 11.5 Å². The van der Waals surface area contributed by atoms with Gasteiger partial charge in [-0.25, -0.2) is 4.79 Å². The lowest BCUT2D eigenvalue weighted by Crippen LogP contribution is -2.43. The number of carbonyl (C=O) groups is 1. The Morgan fingerprint density at radius 3 is 2.68 bits per heavy atom. The predicted octanol–water partition coefficient (Wildman–Crippen LogP) is 3.49. The molecule has 176 valence electrons. The van der Waals surface area contributed by atoms with Crippen LogP contribution in [0.15, 0.2) is 54.6 Å². The Morgan fingerprint density at radius 1 is 1.12 bits per heavy atom. The summed E-state index contributed by atoms with van der Waals surface area (Å²) in [5.74, 6) is 1.24. The Balaban J connectivity index is 1.51. The van der Waals surface area contributed by atoms with Gasteiger partial charge in [-0.15, -0.1) is 11.6 Å². The van der Waals surface area contributed by atoms with Gasteiger partial charge in [-0.1, -0.05) is 42.5 Å². The van der Waals surface area contributed by atoms with E-state index in [4.69, 9.17) is 26.2 Å². The molecular weight excluding hydrogens is 452 g/mol. The molecule has 6 nitrogen and oxygen atoms in total. The summed E-state index contributed by atoms with van der Waals surface area (Å²) in [4.78, 5) is 18.7. The maximum Gasteiger partial charge on any atom is 0.416 e. The number of hydrogen-bond acceptors (Lipinski definition) is 4. The molecule has 3 aromatic rings. The number of H-pyrrole nitrogens is 1. The van der Waals surface area contributed by atoms with Gasteiger partial charge in [0.25, 0.3) is 0 Å². The molecule has 1 aliphatic heterocycles. The van der Waals surface area contributed by atoms with Crippen molar-refractivity contribution in [3.05, 3.63) is 82.0 Å². The second-order valence-electron chi connectivity index (χ2n) is 8.49. The van der Waals surface area contributed by atoms with E-state index in [2.05, 4.69) is 17.1 Å². The molecule has 1 aromatic heterocycles. The second-order valence-corrected chi connectivity index (χ2v) is 9.05. The van der Waals surface area contributed by atoms with Crippen molar-refractivity contribution in [3.63, 3.8) is 0 Å². The van der Waals surface area contributed by atoms with Gasteiger partial charge in [0.2, 0.25) is 0 Å². The summed E-state index contributed by atoms with van der Waals surface area (Å²) < 4.78 is 11.4. The van der Waals surface area contributed by atoms with Gasteiger partial charge in [-0.2, -0.15) is 0 Å². The molecule has 2 aromatic carbocycles. The monoisotopic (exact) mass is 478 g/mol. The lowest BCUT2D eigenvalue weighted by Gasteiger charge is -2.35. The highest BCUT2D eigenvalue weighted by molar-refractivity contribution is 6.24. The van der Waals surface area contributed by atoms with Crippen molar-refractivity contribution >= 4 is 29.8 Å². The molecular formula is C27H27ClN2O4. The largest absolute Gasteiger partial charge is 0.494 e. The Kier molecular flexibility index (Phi) is 6.61. The van der Waals surface area contributed by atoms with Crippen LogP contribution in [0.2, 0.25) is 0 Å². The number of amides is 1. The number of hydrogen-bond donors (Lipinski definition) is 2. The minimum atomic E-state index is -0.388. The first-order chi connectivity index (χ1) is 16.6. The van der Waals surface area contributed by atoms with Crippen molar-refractivity contribution in [1.29, 1.82) is 0 Å². The molecule has 1 amide bonds. The van der Waals surface area contributed by atoms with E-state index in [9.17, 15) is 4.79 Å². The van der Waals surface area contributed by atoms with Crippen LogP contribution in [0, 0.1) is 0 Å². The number of benzene rings is 2. The van der Waals surface area contributed by atoms with E-state index >= 15 is 0 Å². The molecule has 5 rings (SSSR count). The van der Waals surface area contributed by atoms with E-state index in [0.29, 0.717) is 25.3 Å². The molecule has 0 radical (unpaired) electrons. The Bertz CT molecular complexity index is 1270. The van der Waals surface area contributed by atoms with Crippen molar-refractivity contribution in [2.24, 2.45) is 0 Å². The molecule has 0 saturated carbocycles. The zero-order chi connectivity index (χ0) is 23.5. The smallest absolute Gasteiger partial charge is 0.416 e. The Labute approximate surface area is 203 Å². The number of aromatic amines is 1. The van der Waals surface area contributed by atoms with Crippen LogP contribution in [-0.4, -0.2) is 46.2 Å². The number of alkyl halides is 1. The zero-order valence-corrected chi connectivity index (χ0v) is 19.5. The number of ether oxygens (including phenoxy) is 2. The van der Waals surface area contributed by atoms with Gasteiger partial charge < -0.3 is 19.6 Å². The standard InChI is InChI=1S/C27H27ClN2O4/c28-19-9-12-24-23(17-19)22-13-14-30(27(32)34-21-5-2-1-3-6-21)26(25(22)29-24)18-7-10-20(11-8-18)33-16-4-15-31/h1-3,5-8,10-12,17,19,26,29,31H,4,9,13-16H2. The predicted molar refractivity (Wildman–Crippen MR) is 132 cm³/mol. The Morgan fingerprint density at radius 2 is 1.91 bits per heavy atom. The average Bonchev–Trinajstić information content (AvgIpc) is 3.22. The quantitative estimate of drug-likeness (QED) is 0.420. The van der Waals surface area contributed by atoms with Gasteiger partial charge in [0.15, 0.2) is 0 Å². The minimum absolute atomic E-state index is 0.0257. The van der Waals surface area contributed by atoms with Gasteiger partial charge in [-0.05, 0) is 48.2 Å².